The number of nitrogens with zero attached hydrogens (tertiary/aromatic N) is 2. The minimum absolute atomic E-state index is 0.141. The van der Waals surface area contributed by atoms with Crippen molar-refractivity contribution in [2.24, 2.45) is 7.05 Å². The Morgan fingerprint density at radius 2 is 1.94 bits per heavy atom. The molecule has 0 saturated heterocycles. The average Bonchev–Trinajstić information content (AvgIpc) is 2.58. The van der Waals surface area contributed by atoms with Crippen LogP contribution in [0.2, 0.25) is 0 Å². The molecule has 1 heterocycles. The molecule has 5 nitrogen and oxygen atoms in total. The van der Waals surface area contributed by atoms with Crippen LogP contribution in [0.15, 0.2) is 35.1 Å². The van der Waals surface area contributed by atoms with Crippen molar-refractivity contribution in [3.8, 4) is 11.8 Å². The molecule has 0 radical (unpaired) electrons. The standard InChI is InChI=1S/C13H16N2O3/c1-3-18-12-11(16)14(2)13(17)15(12)9-10-7-5-4-6-8-10/h4-8,16H,3,9H2,1-2H3. The van der Waals surface area contributed by atoms with Crippen LogP contribution in [-0.4, -0.2) is 20.8 Å². The summed E-state index contributed by atoms with van der Waals surface area (Å²) in [6.45, 7) is 2.58. The second-order valence-electron chi connectivity index (χ2n) is 3.98. The van der Waals surface area contributed by atoms with Gasteiger partial charge in [-0.1, -0.05) is 30.3 Å². The van der Waals surface area contributed by atoms with Crippen molar-refractivity contribution in [3.63, 3.8) is 0 Å². The van der Waals surface area contributed by atoms with Crippen molar-refractivity contribution >= 4 is 0 Å². The smallest absolute Gasteiger partial charge is 0.333 e. The van der Waals surface area contributed by atoms with E-state index in [0.29, 0.717) is 13.2 Å². The second-order valence-corrected chi connectivity index (χ2v) is 3.98. The molecule has 0 bridgehead atoms. The predicted octanol–water partition coefficient (Wildman–Crippen LogP) is 1.34. The molecule has 0 aliphatic rings. The zero-order valence-electron chi connectivity index (χ0n) is 10.5. The molecule has 2 rings (SSSR count). The Bertz CT molecular complexity index is 584. The maximum atomic E-state index is 12.0. The van der Waals surface area contributed by atoms with Crippen LogP contribution in [0.5, 0.6) is 11.8 Å². The lowest BCUT2D eigenvalue weighted by molar-refractivity contribution is 0.289. The van der Waals surface area contributed by atoms with Gasteiger partial charge in [0.15, 0.2) is 0 Å². The van der Waals surface area contributed by atoms with Gasteiger partial charge in [0.1, 0.15) is 0 Å². The van der Waals surface area contributed by atoms with Crippen molar-refractivity contribution < 1.29 is 9.84 Å². The maximum Gasteiger partial charge on any atom is 0.333 e. The van der Waals surface area contributed by atoms with Crippen LogP contribution in [-0.2, 0) is 13.6 Å². The van der Waals surface area contributed by atoms with Crippen molar-refractivity contribution in [3.05, 3.63) is 46.4 Å². The topological polar surface area (TPSA) is 56.4 Å². The van der Waals surface area contributed by atoms with Gasteiger partial charge >= 0.3 is 5.69 Å². The molecule has 1 N–H and O–H groups in total. The van der Waals surface area contributed by atoms with Crippen molar-refractivity contribution in [2.75, 3.05) is 6.61 Å². The van der Waals surface area contributed by atoms with Crippen molar-refractivity contribution in [2.45, 2.75) is 13.5 Å². The zero-order chi connectivity index (χ0) is 13.1. The first-order valence-electron chi connectivity index (χ1n) is 5.80. The van der Waals surface area contributed by atoms with Gasteiger partial charge in [-0.15, -0.1) is 0 Å². The lowest BCUT2D eigenvalue weighted by Crippen LogP contribution is -2.23. The van der Waals surface area contributed by atoms with Gasteiger partial charge in [0, 0.05) is 7.05 Å². The van der Waals surface area contributed by atoms with E-state index in [0.717, 1.165) is 5.56 Å². The normalized spacial score (nSPS) is 10.6. The number of imidazole rings is 1. The molecule has 0 aliphatic carbocycles. The SMILES string of the molecule is CCOc1c(O)n(C)c(=O)n1Cc1ccccc1. The summed E-state index contributed by atoms with van der Waals surface area (Å²) in [4.78, 5) is 12.0. The quantitative estimate of drug-likeness (QED) is 0.888. The van der Waals surface area contributed by atoms with Gasteiger partial charge < -0.3 is 9.84 Å². The highest BCUT2D eigenvalue weighted by atomic mass is 16.5. The van der Waals surface area contributed by atoms with Crippen molar-refractivity contribution in [1.82, 2.24) is 9.13 Å². The minimum Gasteiger partial charge on any atom is -0.491 e. The third-order valence-corrected chi connectivity index (χ3v) is 2.74. The summed E-state index contributed by atoms with van der Waals surface area (Å²) >= 11 is 0. The monoisotopic (exact) mass is 248 g/mol. The van der Waals surface area contributed by atoms with Crippen LogP contribution < -0.4 is 10.4 Å². The van der Waals surface area contributed by atoms with Gasteiger partial charge in [-0.25, -0.2) is 4.79 Å². The number of rotatable bonds is 4. The summed E-state index contributed by atoms with van der Waals surface area (Å²) in [6.07, 6.45) is 0. The molecule has 0 atom stereocenters. The number of hydrogen-bond acceptors (Lipinski definition) is 3. The molecule has 0 aliphatic heterocycles. The predicted molar refractivity (Wildman–Crippen MR) is 68.1 cm³/mol. The van der Waals surface area contributed by atoms with E-state index in [2.05, 4.69) is 0 Å². The van der Waals surface area contributed by atoms with E-state index in [9.17, 15) is 9.90 Å². The lowest BCUT2D eigenvalue weighted by atomic mass is 10.2. The first-order chi connectivity index (χ1) is 8.65. The first kappa shape index (κ1) is 12.3. The second kappa shape index (κ2) is 5.00. The van der Waals surface area contributed by atoms with E-state index in [4.69, 9.17) is 4.74 Å². The fourth-order valence-corrected chi connectivity index (χ4v) is 1.81. The molecule has 2 aromatic rings. The Hall–Kier alpha value is -2.17. The highest BCUT2D eigenvalue weighted by Crippen LogP contribution is 2.24. The zero-order valence-corrected chi connectivity index (χ0v) is 10.5. The third-order valence-electron chi connectivity index (χ3n) is 2.74. The summed E-state index contributed by atoms with van der Waals surface area (Å²) in [5, 5.41) is 9.83. The number of aromatic hydroxyl groups is 1. The highest BCUT2D eigenvalue weighted by Gasteiger charge is 2.18. The summed E-state index contributed by atoms with van der Waals surface area (Å²) < 4.78 is 7.93. The van der Waals surface area contributed by atoms with E-state index in [1.165, 1.54) is 16.2 Å². The summed E-state index contributed by atoms with van der Waals surface area (Å²) in [6, 6.07) is 9.57. The molecule has 0 unspecified atom stereocenters. The summed E-state index contributed by atoms with van der Waals surface area (Å²) in [5.74, 6) is 0.0756. The van der Waals surface area contributed by atoms with Gasteiger partial charge in [0.25, 0.3) is 11.8 Å². The molecule has 0 amide bonds. The lowest BCUT2D eigenvalue weighted by Gasteiger charge is -2.07. The largest absolute Gasteiger partial charge is 0.491 e. The number of hydrogen-bond donors (Lipinski definition) is 1. The van der Waals surface area contributed by atoms with Gasteiger partial charge in [-0.05, 0) is 12.5 Å². The van der Waals surface area contributed by atoms with Crippen LogP contribution in [0.3, 0.4) is 0 Å². The fourth-order valence-electron chi connectivity index (χ4n) is 1.81. The van der Waals surface area contributed by atoms with Crippen LogP contribution in [0.1, 0.15) is 12.5 Å². The van der Waals surface area contributed by atoms with Crippen LogP contribution in [0.4, 0.5) is 0 Å². The van der Waals surface area contributed by atoms with Crippen LogP contribution >= 0.6 is 0 Å². The molecule has 0 spiro atoms. The van der Waals surface area contributed by atoms with Crippen molar-refractivity contribution in [1.29, 1.82) is 0 Å². The van der Waals surface area contributed by atoms with Gasteiger partial charge in [-0.2, -0.15) is 0 Å². The Labute approximate surface area is 105 Å². The molecular weight excluding hydrogens is 232 g/mol. The molecule has 5 heteroatoms. The Morgan fingerprint density at radius 3 is 2.56 bits per heavy atom. The van der Waals surface area contributed by atoms with E-state index in [-0.39, 0.29) is 17.4 Å². The number of ether oxygens (including phenoxy) is 1. The average molecular weight is 248 g/mol. The summed E-state index contributed by atoms with van der Waals surface area (Å²) in [5.41, 5.74) is 0.686. The Morgan fingerprint density at radius 1 is 1.28 bits per heavy atom. The molecule has 96 valence electrons. The number of aromatic nitrogens is 2. The van der Waals surface area contributed by atoms with E-state index in [1.54, 1.807) is 0 Å². The van der Waals surface area contributed by atoms with Crippen LogP contribution in [0, 0.1) is 0 Å². The van der Waals surface area contributed by atoms with Crippen LogP contribution in [0.25, 0.3) is 0 Å². The highest BCUT2D eigenvalue weighted by molar-refractivity contribution is 5.28. The molecule has 0 saturated carbocycles. The molecule has 18 heavy (non-hydrogen) atoms. The van der Waals surface area contributed by atoms with E-state index >= 15 is 0 Å². The molecule has 0 fully saturated rings. The molecular formula is C13H16N2O3. The Balaban J connectivity index is 2.44. The molecule has 1 aromatic heterocycles. The molecule has 1 aromatic carbocycles. The summed E-state index contributed by atoms with van der Waals surface area (Å²) in [7, 11) is 1.52. The van der Waals surface area contributed by atoms with Gasteiger partial charge in [0.2, 0.25) is 0 Å². The van der Waals surface area contributed by atoms with Gasteiger partial charge in [-0.3, -0.25) is 9.13 Å². The third kappa shape index (κ3) is 2.11. The maximum absolute atomic E-state index is 12.0. The van der Waals surface area contributed by atoms with E-state index < -0.39 is 0 Å². The fraction of sp³-hybridized carbons (Fsp3) is 0.308. The first-order valence-corrected chi connectivity index (χ1v) is 5.80. The number of benzene rings is 1. The minimum atomic E-state index is -0.292. The van der Waals surface area contributed by atoms with Gasteiger partial charge in [0.05, 0.1) is 13.2 Å². The van der Waals surface area contributed by atoms with E-state index in [1.807, 2.05) is 37.3 Å². The Kier molecular flexibility index (Phi) is 3.41.